The van der Waals surface area contributed by atoms with Crippen LogP contribution >= 0.6 is 0 Å². The summed E-state index contributed by atoms with van der Waals surface area (Å²) in [6, 6.07) is 0. The highest BCUT2D eigenvalue weighted by atomic mass is 19.1. The van der Waals surface area contributed by atoms with Crippen LogP contribution in [0.1, 0.15) is 38.3 Å². The van der Waals surface area contributed by atoms with E-state index in [4.69, 9.17) is 4.42 Å². The molecule has 4 heteroatoms. The second kappa shape index (κ2) is 4.53. The van der Waals surface area contributed by atoms with Crippen molar-refractivity contribution in [2.45, 2.75) is 38.8 Å². The Kier molecular flexibility index (Phi) is 3.28. The van der Waals surface area contributed by atoms with Gasteiger partial charge in [0, 0.05) is 6.42 Å². The largest absolute Gasteiger partial charge is 0.449 e. The highest BCUT2D eigenvalue weighted by Crippen LogP contribution is 2.24. The third-order valence-electron chi connectivity index (χ3n) is 3.02. The zero-order chi connectivity index (χ0) is 11.6. The molecule has 1 unspecified atom stereocenters. The Hall–Kier alpha value is -0.900. The maximum absolute atomic E-state index is 13.6. The lowest BCUT2D eigenvalue weighted by atomic mass is 9.96. The van der Waals surface area contributed by atoms with Gasteiger partial charge in [-0.1, -0.05) is 0 Å². The first-order valence-corrected chi connectivity index (χ1v) is 5.90. The summed E-state index contributed by atoms with van der Waals surface area (Å²) >= 11 is 0. The van der Waals surface area contributed by atoms with Crippen LogP contribution in [-0.2, 0) is 12.1 Å². The van der Waals surface area contributed by atoms with Crippen molar-refractivity contribution < 1.29 is 8.81 Å². The van der Waals surface area contributed by atoms with E-state index < -0.39 is 5.67 Å². The minimum absolute atomic E-state index is 0.395. The average molecular weight is 226 g/mol. The Morgan fingerprint density at radius 1 is 1.62 bits per heavy atom. The molecule has 16 heavy (non-hydrogen) atoms. The standard InChI is InChI=1S/C12H19FN2O/c1-12(2,13)10-8-16-11(15-10)6-9-4-3-5-14-7-9/h8-9,14H,3-7H2,1-2H3. The second-order valence-electron chi connectivity index (χ2n) is 5.02. The predicted octanol–water partition coefficient (Wildman–Crippen LogP) is 2.42. The molecule has 0 amide bonds. The summed E-state index contributed by atoms with van der Waals surface area (Å²) in [5, 5.41) is 3.35. The number of piperidine rings is 1. The summed E-state index contributed by atoms with van der Waals surface area (Å²) in [7, 11) is 0. The number of oxazole rings is 1. The molecule has 1 fully saturated rings. The van der Waals surface area contributed by atoms with E-state index in [0.717, 1.165) is 19.5 Å². The molecule has 1 aromatic heterocycles. The fraction of sp³-hybridized carbons (Fsp3) is 0.750. The van der Waals surface area contributed by atoms with E-state index in [2.05, 4.69) is 10.3 Å². The average Bonchev–Trinajstić information content (AvgIpc) is 2.67. The molecular formula is C12H19FN2O. The number of alkyl halides is 1. The normalized spacial score (nSPS) is 22.3. The first-order valence-electron chi connectivity index (χ1n) is 5.90. The number of hydrogen-bond acceptors (Lipinski definition) is 3. The van der Waals surface area contributed by atoms with E-state index in [9.17, 15) is 4.39 Å². The van der Waals surface area contributed by atoms with Gasteiger partial charge in [-0.3, -0.25) is 0 Å². The molecule has 2 rings (SSSR count). The molecule has 1 atom stereocenters. The number of rotatable bonds is 3. The Morgan fingerprint density at radius 3 is 3.00 bits per heavy atom. The monoisotopic (exact) mass is 226 g/mol. The maximum Gasteiger partial charge on any atom is 0.194 e. The third kappa shape index (κ3) is 2.82. The zero-order valence-corrected chi connectivity index (χ0v) is 9.92. The van der Waals surface area contributed by atoms with Crippen molar-refractivity contribution in [1.29, 1.82) is 0 Å². The van der Waals surface area contributed by atoms with Crippen molar-refractivity contribution >= 4 is 0 Å². The van der Waals surface area contributed by atoms with Gasteiger partial charge in [-0.15, -0.1) is 0 Å². The fourth-order valence-electron chi connectivity index (χ4n) is 2.02. The molecule has 90 valence electrons. The molecule has 0 bridgehead atoms. The summed E-state index contributed by atoms with van der Waals surface area (Å²) in [5.74, 6) is 1.23. The van der Waals surface area contributed by atoms with Crippen LogP contribution in [0.2, 0.25) is 0 Å². The maximum atomic E-state index is 13.6. The topological polar surface area (TPSA) is 38.1 Å². The Balaban J connectivity index is 1.97. The second-order valence-corrected chi connectivity index (χ2v) is 5.02. The molecule has 0 aliphatic carbocycles. The molecule has 0 spiro atoms. The van der Waals surface area contributed by atoms with Crippen LogP contribution in [0.3, 0.4) is 0 Å². The van der Waals surface area contributed by atoms with E-state index in [1.165, 1.54) is 33.0 Å². The highest BCUT2D eigenvalue weighted by molar-refractivity contribution is 5.06. The van der Waals surface area contributed by atoms with Crippen LogP contribution < -0.4 is 5.32 Å². The highest BCUT2D eigenvalue weighted by Gasteiger charge is 2.24. The van der Waals surface area contributed by atoms with Gasteiger partial charge in [0.15, 0.2) is 5.89 Å². The number of hydrogen-bond donors (Lipinski definition) is 1. The molecule has 1 aliphatic heterocycles. The lowest BCUT2D eigenvalue weighted by Crippen LogP contribution is -2.30. The van der Waals surface area contributed by atoms with Crippen molar-refractivity contribution in [3.8, 4) is 0 Å². The van der Waals surface area contributed by atoms with Gasteiger partial charge < -0.3 is 9.73 Å². The summed E-state index contributed by atoms with van der Waals surface area (Å²) in [6.07, 6.45) is 4.64. The van der Waals surface area contributed by atoms with E-state index >= 15 is 0 Å². The number of nitrogens with zero attached hydrogens (tertiary/aromatic N) is 1. The van der Waals surface area contributed by atoms with Crippen molar-refractivity contribution in [2.75, 3.05) is 13.1 Å². The van der Waals surface area contributed by atoms with Gasteiger partial charge in [0.1, 0.15) is 17.6 Å². The molecule has 1 aromatic rings. The van der Waals surface area contributed by atoms with E-state index in [0.29, 0.717) is 17.5 Å². The van der Waals surface area contributed by atoms with Crippen LogP contribution in [-0.4, -0.2) is 18.1 Å². The fourth-order valence-corrected chi connectivity index (χ4v) is 2.02. The Bertz CT molecular complexity index is 337. The lowest BCUT2D eigenvalue weighted by molar-refractivity contribution is 0.214. The van der Waals surface area contributed by atoms with Gasteiger partial charge in [-0.05, 0) is 45.7 Å². The van der Waals surface area contributed by atoms with Crippen LogP contribution in [0.15, 0.2) is 10.7 Å². The first-order chi connectivity index (χ1) is 7.55. The van der Waals surface area contributed by atoms with Gasteiger partial charge in [0.25, 0.3) is 0 Å². The van der Waals surface area contributed by atoms with Gasteiger partial charge in [-0.25, -0.2) is 9.37 Å². The minimum atomic E-state index is -1.41. The SMILES string of the molecule is CC(C)(F)c1coc(CC2CCCNC2)n1. The van der Waals surface area contributed by atoms with E-state index in [1.54, 1.807) is 0 Å². The number of halogens is 1. The Morgan fingerprint density at radius 2 is 2.44 bits per heavy atom. The molecule has 1 aliphatic rings. The molecule has 0 radical (unpaired) electrons. The molecule has 2 heterocycles. The zero-order valence-electron chi connectivity index (χ0n) is 9.92. The van der Waals surface area contributed by atoms with Crippen molar-refractivity contribution in [2.24, 2.45) is 5.92 Å². The van der Waals surface area contributed by atoms with Crippen LogP contribution in [0.5, 0.6) is 0 Å². The molecule has 3 nitrogen and oxygen atoms in total. The van der Waals surface area contributed by atoms with Gasteiger partial charge in [0.2, 0.25) is 0 Å². The van der Waals surface area contributed by atoms with E-state index in [1.807, 2.05) is 0 Å². The first kappa shape index (κ1) is 11.6. The predicted molar refractivity (Wildman–Crippen MR) is 59.9 cm³/mol. The number of aromatic nitrogens is 1. The van der Waals surface area contributed by atoms with E-state index in [-0.39, 0.29) is 0 Å². The van der Waals surface area contributed by atoms with Crippen molar-refractivity contribution in [3.05, 3.63) is 17.8 Å². The van der Waals surface area contributed by atoms with Crippen molar-refractivity contribution in [1.82, 2.24) is 10.3 Å². The molecular weight excluding hydrogens is 207 g/mol. The van der Waals surface area contributed by atoms with Gasteiger partial charge >= 0.3 is 0 Å². The number of nitrogens with one attached hydrogen (secondary N) is 1. The molecule has 0 aromatic carbocycles. The Labute approximate surface area is 95.4 Å². The quantitative estimate of drug-likeness (QED) is 0.860. The summed E-state index contributed by atoms with van der Waals surface area (Å²) in [4.78, 5) is 4.21. The van der Waals surface area contributed by atoms with Crippen LogP contribution in [0.4, 0.5) is 4.39 Å². The van der Waals surface area contributed by atoms with Crippen LogP contribution in [0.25, 0.3) is 0 Å². The summed E-state index contributed by atoms with van der Waals surface area (Å²) in [6.45, 7) is 5.11. The summed E-state index contributed by atoms with van der Waals surface area (Å²) < 4.78 is 18.9. The lowest BCUT2D eigenvalue weighted by Gasteiger charge is -2.21. The molecule has 1 saturated heterocycles. The van der Waals surface area contributed by atoms with Crippen LogP contribution in [0, 0.1) is 5.92 Å². The molecule has 0 saturated carbocycles. The molecule has 1 N–H and O–H groups in total. The van der Waals surface area contributed by atoms with Crippen molar-refractivity contribution in [3.63, 3.8) is 0 Å². The van der Waals surface area contributed by atoms with Gasteiger partial charge in [-0.2, -0.15) is 0 Å². The summed E-state index contributed by atoms with van der Waals surface area (Å²) in [5.41, 5.74) is -1.02. The smallest absolute Gasteiger partial charge is 0.194 e. The third-order valence-corrected chi connectivity index (χ3v) is 3.02. The minimum Gasteiger partial charge on any atom is -0.449 e. The van der Waals surface area contributed by atoms with Gasteiger partial charge in [0.05, 0.1) is 0 Å².